The molecule has 0 radical (unpaired) electrons. The third-order valence-corrected chi connectivity index (χ3v) is 2.14. The molecule has 1 heterocycles. The number of rotatable bonds is 1. The molecule has 0 aromatic rings. The van der Waals surface area contributed by atoms with Crippen molar-refractivity contribution in [3.8, 4) is 0 Å². The van der Waals surface area contributed by atoms with Crippen molar-refractivity contribution in [1.29, 1.82) is 0 Å². The lowest BCUT2D eigenvalue weighted by molar-refractivity contribution is -0.691. The van der Waals surface area contributed by atoms with Crippen molar-refractivity contribution in [3.05, 3.63) is 10.4 Å². The van der Waals surface area contributed by atoms with Gasteiger partial charge in [0.15, 0.2) is 0 Å². The van der Waals surface area contributed by atoms with Crippen LogP contribution in [0.2, 0.25) is 0 Å². The molecule has 1 aliphatic heterocycles. The van der Waals surface area contributed by atoms with Crippen LogP contribution in [-0.2, 0) is 0 Å². The molecule has 1 rings (SSSR count). The minimum Gasteiger partial charge on any atom is -0.737 e. The molecule has 12 heavy (non-hydrogen) atoms. The molecule has 1 saturated heterocycles. The lowest BCUT2D eigenvalue weighted by Gasteiger charge is -2.21. The summed E-state index contributed by atoms with van der Waals surface area (Å²) in [6, 6.07) is 0. The van der Waals surface area contributed by atoms with E-state index in [4.69, 9.17) is 0 Å². The smallest absolute Gasteiger partial charge is 0.0767 e. The Labute approximate surface area is 71.8 Å². The number of nitrogens with zero attached hydrogens (tertiary/aromatic N) is 3. The van der Waals surface area contributed by atoms with Gasteiger partial charge >= 0.3 is 0 Å². The predicted octanol–water partition coefficient (Wildman–Crippen LogP) is 1.63. The van der Waals surface area contributed by atoms with Gasteiger partial charge in [-0.15, -0.1) is 5.01 Å². The Morgan fingerprint density at radius 2 is 1.50 bits per heavy atom. The summed E-state index contributed by atoms with van der Waals surface area (Å²) >= 11 is 0. The van der Waals surface area contributed by atoms with Gasteiger partial charge in [0.1, 0.15) is 0 Å². The van der Waals surface area contributed by atoms with Gasteiger partial charge in [0.25, 0.3) is 0 Å². The highest BCUT2D eigenvalue weighted by Gasteiger charge is 2.12. The number of hydrogen-bond acceptors (Lipinski definition) is 3. The molecule has 1 aliphatic rings. The molecule has 0 unspecified atom stereocenters. The second kappa shape index (κ2) is 4.79. The van der Waals surface area contributed by atoms with Crippen LogP contribution in [0.25, 0.3) is 0 Å². The Balaban J connectivity index is 2.39. The zero-order valence-electron chi connectivity index (χ0n) is 7.11. The first kappa shape index (κ1) is 9.09. The summed E-state index contributed by atoms with van der Waals surface area (Å²) in [6.07, 6.45) is 5.48. The molecule has 0 amide bonds. The van der Waals surface area contributed by atoms with Gasteiger partial charge in [0, 0.05) is 4.97 Å². The fourth-order valence-corrected chi connectivity index (χ4v) is 1.45. The standard InChI is InChI=1S/C7H15N3O2/c11-8-10(12)9-6-4-2-1-3-5-7-9/h11H,1-7H2/p-1/b10-8-. The topological polar surface area (TPSA) is 64.7 Å². The van der Waals surface area contributed by atoms with Gasteiger partial charge in [-0.1, -0.05) is 19.3 Å². The quantitative estimate of drug-likeness (QED) is 0.343. The molecule has 70 valence electrons. The number of hydrazine groups is 1. The third-order valence-electron chi connectivity index (χ3n) is 2.14. The van der Waals surface area contributed by atoms with Crippen molar-refractivity contribution in [2.75, 3.05) is 13.1 Å². The molecular formula is C7H14N3O2-. The van der Waals surface area contributed by atoms with Crippen molar-refractivity contribution in [1.82, 2.24) is 5.01 Å². The van der Waals surface area contributed by atoms with E-state index in [1.165, 1.54) is 11.4 Å². The monoisotopic (exact) mass is 172 g/mol. The highest BCUT2D eigenvalue weighted by Crippen LogP contribution is 2.10. The maximum absolute atomic E-state index is 10.8. The van der Waals surface area contributed by atoms with Crippen LogP contribution in [0.5, 0.6) is 0 Å². The van der Waals surface area contributed by atoms with Crippen LogP contribution in [0.4, 0.5) is 0 Å². The van der Waals surface area contributed by atoms with Crippen molar-refractivity contribution >= 4 is 0 Å². The maximum Gasteiger partial charge on any atom is 0.0767 e. The molecule has 1 fully saturated rings. The molecule has 0 saturated carbocycles. The van der Waals surface area contributed by atoms with E-state index in [1.807, 2.05) is 0 Å². The zero-order chi connectivity index (χ0) is 8.81. The lowest BCUT2D eigenvalue weighted by Crippen LogP contribution is -2.33. The molecule has 0 atom stereocenters. The summed E-state index contributed by atoms with van der Waals surface area (Å²) in [6.45, 7) is 1.32. The molecule has 0 aliphatic carbocycles. The highest BCUT2D eigenvalue weighted by molar-refractivity contribution is 4.54. The van der Waals surface area contributed by atoms with E-state index in [1.54, 1.807) is 0 Å². The fraction of sp³-hybridized carbons (Fsp3) is 1.00. The molecule has 0 aromatic heterocycles. The van der Waals surface area contributed by atoms with E-state index >= 15 is 0 Å². The van der Waals surface area contributed by atoms with Gasteiger partial charge in [0.2, 0.25) is 0 Å². The normalized spacial score (nSPS) is 21.7. The first-order valence-electron chi connectivity index (χ1n) is 4.40. The van der Waals surface area contributed by atoms with Crippen LogP contribution in [0.1, 0.15) is 32.1 Å². The van der Waals surface area contributed by atoms with Gasteiger partial charge < -0.3 is 10.4 Å². The van der Waals surface area contributed by atoms with E-state index in [-0.39, 0.29) is 4.97 Å². The zero-order valence-corrected chi connectivity index (χ0v) is 7.11. The minimum atomic E-state index is 0.172. The summed E-state index contributed by atoms with van der Waals surface area (Å²) in [5.74, 6) is 0. The molecular weight excluding hydrogens is 158 g/mol. The van der Waals surface area contributed by atoms with Crippen LogP contribution in [0.15, 0.2) is 5.28 Å². The predicted molar refractivity (Wildman–Crippen MR) is 44.1 cm³/mol. The third kappa shape index (κ3) is 2.56. The Bertz CT molecular complexity index is 153. The van der Waals surface area contributed by atoms with Crippen molar-refractivity contribution in [2.24, 2.45) is 5.28 Å². The van der Waals surface area contributed by atoms with E-state index in [2.05, 4.69) is 5.28 Å². The van der Waals surface area contributed by atoms with Crippen LogP contribution in [0.3, 0.4) is 0 Å². The highest BCUT2D eigenvalue weighted by atomic mass is 16.6. The van der Waals surface area contributed by atoms with Gasteiger partial charge in [-0.05, 0) is 18.1 Å². The van der Waals surface area contributed by atoms with Crippen LogP contribution in [-0.4, -0.2) is 23.1 Å². The van der Waals surface area contributed by atoms with Crippen molar-refractivity contribution in [2.45, 2.75) is 32.1 Å². The Kier molecular flexibility index (Phi) is 3.63. The Hall–Kier alpha value is -1.00. The van der Waals surface area contributed by atoms with Gasteiger partial charge in [0.05, 0.1) is 13.1 Å². The van der Waals surface area contributed by atoms with Crippen molar-refractivity contribution in [3.63, 3.8) is 0 Å². The van der Waals surface area contributed by atoms with Crippen molar-refractivity contribution < 1.29 is 4.97 Å². The first-order valence-corrected chi connectivity index (χ1v) is 4.40. The lowest BCUT2D eigenvalue weighted by atomic mass is 10.1. The maximum atomic E-state index is 10.8. The average Bonchev–Trinajstić information content (AvgIpc) is 2.02. The van der Waals surface area contributed by atoms with Gasteiger partial charge in [-0.2, -0.15) is 0 Å². The van der Waals surface area contributed by atoms with Crippen LogP contribution >= 0.6 is 0 Å². The molecule has 0 spiro atoms. The van der Waals surface area contributed by atoms with Gasteiger partial charge in [-0.3, -0.25) is 0 Å². The summed E-state index contributed by atoms with van der Waals surface area (Å²) in [7, 11) is 0. The Morgan fingerprint density at radius 1 is 1.00 bits per heavy atom. The van der Waals surface area contributed by atoms with Crippen LogP contribution < -0.4 is 0 Å². The van der Waals surface area contributed by atoms with E-state index in [9.17, 15) is 10.4 Å². The van der Waals surface area contributed by atoms with E-state index in [0.29, 0.717) is 13.1 Å². The second-order valence-electron chi connectivity index (χ2n) is 3.06. The molecule has 5 heteroatoms. The van der Waals surface area contributed by atoms with E-state index < -0.39 is 0 Å². The number of hydrogen-bond donors (Lipinski definition) is 0. The summed E-state index contributed by atoms with van der Waals surface area (Å²) < 4.78 is 0. The molecule has 0 N–H and O–H groups in total. The van der Waals surface area contributed by atoms with Crippen LogP contribution in [0, 0.1) is 10.4 Å². The largest absolute Gasteiger partial charge is 0.737 e. The average molecular weight is 172 g/mol. The summed E-state index contributed by atoms with van der Waals surface area (Å²) in [5, 5.41) is 24.5. The summed E-state index contributed by atoms with van der Waals surface area (Å²) in [4.78, 5) is 0.172. The Morgan fingerprint density at radius 3 is 2.00 bits per heavy atom. The first-order chi connectivity index (χ1) is 5.84. The minimum absolute atomic E-state index is 0.172. The second-order valence-corrected chi connectivity index (χ2v) is 3.06. The molecule has 0 bridgehead atoms. The SMILES string of the molecule is [O-]/N=[N+](\[O-])N1CCCCCCC1. The molecule has 0 aromatic carbocycles. The summed E-state index contributed by atoms with van der Waals surface area (Å²) in [5.41, 5.74) is 0. The fourth-order valence-electron chi connectivity index (χ4n) is 1.45. The molecule has 5 nitrogen and oxygen atoms in total. The van der Waals surface area contributed by atoms with E-state index in [0.717, 1.165) is 25.7 Å². The van der Waals surface area contributed by atoms with Gasteiger partial charge in [-0.25, -0.2) is 0 Å².